The van der Waals surface area contributed by atoms with Crippen LogP contribution >= 0.6 is 11.8 Å². The number of aromatic carboxylic acids is 1. The van der Waals surface area contributed by atoms with Crippen LogP contribution in [0.15, 0.2) is 26.3 Å². The number of hydrogen-bond acceptors (Lipinski definition) is 12. The fourth-order valence-electron chi connectivity index (χ4n) is 4.95. The highest BCUT2D eigenvalue weighted by Gasteiger charge is 2.60. The van der Waals surface area contributed by atoms with Crippen molar-refractivity contribution < 1.29 is 47.5 Å². The Morgan fingerprint density at radius 3 is 2.68 bits per heavy atom. The number of amides is 1. The minimum atomic E-state index is -4.29. The zero-order valence-electron chi connectivity index (χ0n) is 20.5. The van der Waals surface area contributed by atoms with Crippen LogP contribution in [0.25, 0.3) is 0 Å². The van der Waals surface area contributed by atoms with E-state index in [4.69, 9.17) is 9.63 Å². The maximum Gasteiger partial charge on any atom is 0.358 e. The van der Waals surface area contributed by atoms with Crippen molar-refractivity contribution in [3.8, 4) is 0 Å². The predicted octanol–water partition coefficient (Wildman–Crippen LogP) is -0.782. The van der Waals surface area contributed by atoms with Crippen LogP contribution in [0.5, 0.6) is 0 Å². The minimum absolute atomic E-state index is 0.0558. The molecule has 6 atom stereocenters. The van der Waals surface area contributed by atoms with Crippen molar-refractivity contribution >= 4 is 44.7 Å². The van der Waals surface area contributed by atoms with Gasteiger partial charge in [0.25, 0.3) is 15.1 Å². The van der Waals surface area contributed by atoms with Gasteiger partial charge in [-0.25, -0.2) is 22.7 Å². The van der Waals surface area contributed by atoms with Crippen LogP contribution in [0.1, 0.15) is 36.5 Å². The van der Waals surface area contributed by atoms with Gasteiger partial charge in [-0.1, -0.05) is 17.2 Å². The lowest BCUT2D eigenvalue weighted by atomic mass is 9.79. The van der Waals surface area contributed by atoms with Crippen molar-refractivity contribution in [2.45, 2.75) is 43.7 Å². The summed E-state index contributed by atoms with van der Waals surface area (Å²) in [5.74, 6) is -4.36. The topological polar surface area (TPSA) is 221 Å². The molecule has 17 heteroatoms. The van der Waals surface area contributed by atoms with Crippen molar-refractivity contribution in [1.29, 1.82) is 0 Å². The van der Waals surface area contributed by atoms with E-state index in [0.717, 1.165) is 13.2 Å². The molecule has 0 aromatic carbocycles. The van der Waals surface area contributed by atoms with E-state index in [2.05, 4.69) is 25.2 Å². The number of aliphatic hydroxyl groups is 1. The minimum Gasteiger partial charge on any atom is -0.477 e. The summed E-state index contributed by atoms with van der Waals surface area (Å²) in [5.41, 5.74) is -0.564. The molecule has 3 aliphatic heterocycles. The van der Waals surface area contributed by atoms with Crippen molar-refractivity contribution in [3.05, 3.63) is 28.1 Å². The van der Waals surface area contributed by atoms with E-state index in [9.17, 15) is 33.0 Å². The first-order valence-electron chi connectivity index (χ1n) is 11.6. The molecule has 2 fully saturated rings. The number of oxime groups is 1. The number of carbonyl (C=O) groups is 3. The molecule has 0 spiro atoms. The third-order valence-corrected chi connectivity index (χ3v) is 9.52. The van der Waals surface area contributed by atoms with Gasteiger partial charge >= 0.3 is 11.9 Å². The number of nitrogens with zero attached hydrogens (tertiary/aromatic N) is 3. The normalized spacial score (nSPS) is 28.3. The lowest BCUT2D eigenvalue weighted by molar-refractivity contribution is -0.163. The second-order valence-electron chi connectivity index (χ2n) is 9.17. The number of aromatic nitrogens is 1. The maximum atomic E-state index is 12.9. The Morgan fingerprint density at radius 2 is 2.11 bits per heavy atom. The Labute approximate surface area is 221 Å². The average molecular weight is 574 g/mol. The molecule has 1 aromatic rings. The summed E-state index contributed by atoms with van der Waals surface area (Å²) < 4.78 is 32.9. The fourth-order valence-corrected chi connectivity index (χ4v) is 7.56. The Bertz CT molecular complexity index is 1310. The van der Waals surface area contributed by atoms with Crippen molar-refractivity contribution in [2.24, 2.45) is 17.0 Å². The summed E-state index contributed by atoms with van der Waals surface area (Å²) in [6.45, 7) is 3.75. The van der Waals surface area contributed by atoms with E-state index in [0.29, 0.717) is 17.9 Å². The van der Waals surface area contributed by atoms with Crippen LogP contribution < -0.4 is 10.0 Å². The van der Waals surface area contributed by atoms with Gasteiger partial charge in [-0.2, -0.15) is 0 Å². The Morgan fingerprint density at radius 1 is 1.39 bits per heavy atom. The van der Waals surface area contributed by atoms with E-state index in [1.54, 1.807) is 0 Å². The molecule has 1 amide bonds. The number of aliphatic carboxylic acids is 1. The Hall–Kier alpha value is -2.99. The van der Waals surface area contributed by atoms with E-state index in [-0.39, 0.29) is 29.5 Å². The predicted molar refractivity (Wildman–Crippen MR) is 131 cm³/mol. The Balaban J connectivity index is 1.41. The average Bonchev–Trinajstić information content (AvgIpc) is 3.54. The smallest absolute Gasteiger partial charge is 0.358 e. The molecular weight excluding hydrogens is 546 g/mol. The molecule has 0 aliphatic carbocycles. The Kier molecular flexibility index (Phi) is 7.85. The lowest BCUT2D eigenvalue weighted by Crippen LogP contribution is -2.63. The molecule has 1 aromatic heterocycles. The molecule has 3 aliphatic rings. The molecule has 0 bridgehead atoms. The molecule has 15 nitrogen and oxygen atoms in total. The molecule has 2 saturated heterocycles. The van der Waals surface area contributed by atoms with Gasteiger partial charge in [-0.15, -0.1) is 11.8 Å². The van der Waals surface area contributed by atoms with Crippen molar-refractivity contribution in [1.82, 2.24) is 20.1 Å². The second kappa shape index (κ2) is 10.6. The van der Waals surface area contributed by atoms with Gasteiger partial charge in [0.1, 0.15) is 12.8 Å². The number of β-lactam (4-membered cyclic amide) rings is 1. The van der Waals surface area contributed by atoms with Gasteiger partial charge in [-0.05, 0) is 13.3 Å². The highest BCUT2D eigenvalue weighted by atomic mass is 32.2. The van der Waals surface area contributed by atoms with Crippen LogP contribution in [-0.2, 0) is 24.4 Å². The van der Waals surface area contributed by atoms with Gasteiger partial charge in [0.05, 0.1) is 18.1 Å². The summed E-state index contributed by atoms with van der Waals surface area (Å²) in [6.07, 6.45) is -0.410. The number of rotatable bonds is 10. The van der Waals surface area contributed by atoms with E-state index >= 15 is 0 Å². The molecule has 4 rings (SSSR count). The summed E-state index contributed by atoms with van der Waals surface area (Å²) in [6, 6.07) is 0.181. The molecule has 5 N–H and O–H groups in total. The van der Waals surface area contributed by atoms with Crippen LogP contribution in [0.3, 0.4) is 0 Å². The first kappa shape index (κ1) is 28.0. The molecule has 4 heterocycles. The first-order valence-corrected chi connectivity index (χ1v) is 13.9. The van der Waals surface area contributed by atoms with Crippen molar-refractivity contribution in [3.63, 3.8) is 0 Å². The summed E-state index contributed by atoms with van der Waals surface area (Å²) >= 11 is 1.34. The van der Waals surface area contributed by atoms with Gasteiger partial charge in [0.2, 0.25) is 11.7 Å². The molecule has 38 heavy (non-hydrogen) atoms. The monoisotopic (exact) mass is 573 g/mol. The molecule has 0 saturated carbocycles. The number of carboxylic acids is 2. The fraction of sp³-hybridized carbons (Fsp3) is 0.571. The number of nitrogens with one attached hydrogen (secondary N) is 2. The van der Waals surface area contributed by atoms with Crippen molar-refractivity contribution in [2.75, 3.05) is 20.2 Å². The molecule has 208 valence electrons. The number of aliphatic hydroxyl groups excluding tert-OH is 1. The largest absolute Gasteiger partial charge is 0.477 e. The van der Waals surface area contributed by atoms with Gasteiger partial charge < -0.3 is 34.9 Å². The first-order chi connectivity index (χ1) is 17.9. The van der Waals surface area contributed by atoms with Gasteiger partial charge in [-0.3, -0.25) is 4.79 Å². The highest BCUT2D eigenvalue weighted by molar-refractivity contribution is 8.05. The molecular formula is C21H27N5O10S2. The number of carbonyl (C=O) groups excluding carboxylic acids is 1. The summed E-state index contributed by atoms with van der Waals surface area (Å²) in [7, 11) is -3.17. The number of hydrogen-bond donors (Lipinski definition) is 5. The summed E-state index contributed by atoms with van der Waals surface area (Å²) in [4.78, 5) is 42.0. The number of sulfonamides is 1. The SMILES string of the molecule is CO/N=C(\c1cc(C(=O)O)no1)S(=O)(=O)NC[C@@H]1C[C@H](SC2=C(C(=O)O)N3C(=O)[C@H]([C@@H](C)O)[C@H]3C2C)CN1. The lowest BCUT2D eigenvalue weighted by Gasteiger charge is -2.46. The van der Waals surface area contributed by atoms with Crippen LogP contribution in [0.2, 0.25) is 0 Å². The van der Waals surface area contributed by atoms with Crippen LogP contribution in [0, 0.1) is 11.8 Å². The zero-order valence-corrected chi connectivity index (χ0v) is 22.2. The second-order valence-corrected chi connectivity index (χ2v) is 12.2. The summed E-state index contributed by atoms with van der Waals surface area (Å²) in [5, 5.41) is 37.9. The highest BCUT2D eigenvalue weighted by Crippen LogP contribution is 2.51. The third kappa shape index (κ3) is 5.03. The molecule has 1 unspecified atom stereocenters. The zero-order chi connectivity index (χ0) is 27.9. The quantitative estimate of drug-likeness (QED) is 0.100. The number of carboxylic acid groups (broad SMARTS) is 2. The van der Waals surface area contributed by atoms with Gasteiger partial charge in [0, 0.05) is 41.3 Å². The van der Waals surface area contributed by atoms with Gasteiger partial charge in [0.15, 0.2) is 5.69 Å². The van der Waals surface area contributed by atoms with E-state index < -0.39 is 62.4 Å². The third-order valence-electron chi connectivity index (χ3n) is 6.67. The molecule has 0 radical (unpaired) electrons. The maximum absolute atomic E-state index is 12.9. The standard InChI is InChI=1S/C21H27N5O10S2/c1-8-15-14(9(2)27)19(28)26(15)16(21(31)32)17(8)37-11-4-10(22-7-11)6-23-38(33,34)18(25-35-3)13-5-12(20(29)30)24-36-13/h5,8-11,14-15,22-23,27H,4,6-7H2,1-3H3,(H,29,30)(H,31,32)/b25-18+/t8?,9-,10+,11+,14-,15-/m1/s1. The van der Waals surface area contributed by atoms with Crippen LogP contribution in [-0.4, -0.2) is 100 Å². The van der Waals surface area contributed by atoms with Crippen LogP contribution in [0.4, 0.5) is 0 Å². The van der Waals surface area contributed by atoms with E-state index in [1.807, 2.05) is 6.92 Å². The van der Waals surface area contributed by atoms with E-state index in [1.165, 1.54) is 23.6 Å². The number of thioether (sulfide) groups is 1. The number of fused-ring (bicyclic) bond motifs is 1.